The zero-order chi connectivity index (χ0) is 30.3. The van der Waals surface area contributed by atoms with E-state index in [0.29, 0.717) is 0 Å². The van der Waals surface area contributed by atoms with Crippen molar-refractivity contribution in [2.45, 2.75) is 111 Å². The lowest BCUT2D eigenvalue weighted by atomic mass is 10.00. The summed E-state index contributed by atoms with van der Waals surface area (Å²) < 4.78 is 0.917. The SMILES string of the molecule is CCCC[N+]1(CCCCN2CCCCC2C(=O)Nc2c(C)cccc2C)CCCC1C(=O)Nc1c(C)cc(C)cc1C. The smallest absolute Gasteiger partial charge is 0.282 e. The first-order valence-electron chi connectivity index (χ1n) is 16.5. The van der Waals surface area contributed by atoms with Gasteiger partial charge in [-0.2, -0.15) is 0 Å². The first-order chi connectivity index (χ1) is 20.1. The highest BCUT2D eigenvalue weighted by Gasteiger charge is 2.45. The van der Waals surface area contributed by atoms with Gasteiger partial charge in [0.2, 0.25) is 5.91 Å². The summed E-state index contributed by atoms with van der Waals surface area (Å²) in [4.78, 5) is 29.6. The molecule has 2 heterocycles. The highest BCUT2D eigenvalue weighted by atomic mass is 16.2. The number of quaternary nitrogens is 1. The van der Waals surface area contributed by atoms with Crippen molar-refractivity contribution in [2.24, 2.45) is 0 Å². The third-order valence-electron chi connectivity index (χ3n) is 9.87. The fraction of sp³-hybridized carbons (Fsp3) is 0.611. The number of nitrogens with one attached hydrogen (secondary N) is 2. The van der Waals surface area contributed by atoms with Crippen molar-refractivity contribution in [2.75, 3.05) is 43.4 Å². The molecule has 0 bridgehead atoms. The van der Waals surface area contributed by atoms with Crippen LogP contribution in [-0.4, -0.2) is 66.0 Å². The molecule has 2 N–H and O–H groups in total. The van der Waals surface area contributed by atoms with E-state index >= 15 is 0 Å². The largest absolute Gasteiger partial charge is 0.324 e. The maximum absolute atomic E-state index is 13.8. The van der Waals surface area contributed by atoms with Crippen molar-refractivity contribution in [1.29, 1.82) is 0 Å². The fourth-order valence-electron chi connectivity index (χ4n) is 7.63. The predicted molar refractivity (Wildman–Crippen MR) is 175 cm³/mol. The number of piperidine rings is 1. The molecule has 0 radical (unpaired) electrons. The molecule has 3 atom stereocenters. The second kappa shape index (κ2) is 14.7. The van der Waals surface area contributed by atoms with Crippen molar-refractivity contribution < 1.29 is 14.1 Å². The Kier molecular flexibility index (Phi) is 11.2. The number of hydrogen-bond donors (Lipinski definition) is 2. The maximum atomic E-state index is 13.8. The fourth-order valence-corrected chi connectivity index (χ4v) is 7.63. The zero-order valence-corrected chi connectivity index (χ0v) is 27.2. The monoisotopic (exact) mass is 575 g/mol. The predicted octanol–water partition coefficient (Wildman–Crippen LogP) is 7.22. The van der Waals surface area contributed by atoms with Gasteiger partial charge in [0.1, 0.15) is 0 Å². The summed E-state index contributed by atoms with van der Waals surface area (Å²) >= 11 is 0. The van der Waals surface area contributed by atoms with E-state index in [1.165, 1.54) is 5.56 Å². The van der Waals surface area contributed by atoms with Crippen LogP contribution >= 0.6 is 0 Å². The second-order valence-corrected chi connectivity index (χ2v) is 13.2. The van der Waals surface area contributed by atoms with Gasteiger partial charge in [0, 0.05) is 24.2 Å². The summed E-state index contributed by atoms with van der Waals surface area (Å²) in [6.07, 6.45) is 9.70. The number of hydrogen-bond acceptors (Lipinski definition) is 3. The molecular formula is C36H55N4O2+. The van der Waals surface area contributed by atoms with Crippen molar-refractivity contribution in [1.82, 2.24) is 4.90 Å². The summed E-state index contributed by atoms with van der Waals surface area (Å²) in [5.74, 6) is 0.328. The number of aryl methyl sites for hydroxylation is 5. The molecule has 2 aliphatic heterocycles. The molecule has 4 rings (SSSR count). The number of para-hydroxylation sites is 1. The number of likely N-dealkylation sites (tertiary alicyclic amines) is 2. The molecule has 2 aromatic rings. The zero-order valence-electron chi connectivity index (χ0n) is 27.2. The molecule has 0 saturated carbocycles. The van der Waals surface area contributed by atoms with E-state index in [9.17, 15) is 9.59 Å². The molecule has 2 aliphatic rings. The minimum absolute atomic E-state index is 0.0162. The van der Waals surface area contributed by atoms with Gasteiger partial charge in [0.25, 0.3) is 5.91 Å². The number of benzene rings is 2. The van der Waals surface area contributed by atoms with Gasteiger partial charge in [-0.05, 0) is 102 Å². The van der Waals surface area contributed by atoms with Crippen LogP contribution in [0.4, 0.5) is 11.4 Å². The van der Waals surface area contributed by atoms with Gasteiger partial charge in [-0.15, -0.1) is 0 Å². The number of carbonyl (C=O) groups excluding carboxylic acids is 2. The number of nitrogens with zero attached hydrogens (tertiary/aromatic N) is 2. The normalized spacial score (nSPS) is 22.7. The Morgan fingerprint density at radius 2 is 1.45 bits per heavy atom. The molecule has 0 aromatic heterocycles. The van der Waals surface area contributed by atoms with Crippen molar-refractivity contribution >= 4 is 23.2 Å². The lowest BCUT2D eigenvalue weighted by molar-refractivity contribution is -0.931. The van der Waals surface area contributed by atoms with Gasteiger partial charge in [-0.1, -0.05) is 55.7 Å². The van der Waals surface area contributed by atoms with Gasteiger partial charge >= 0.3 is 0 Å². The van der Waals surface area contributed by atoms with E-state index in [1.807, 2.05) is 6.07 Å². The molecule has 0 aliphatic carbocycles. The molecule has 42 heavy (non-hydrogen) atoms. The van der Waals surface area contributed by atoms with Gasteiger partial charge < -0.3 is 15.1 Å². The van der Waals surface area contributed by atoms with E-state index in [2.05, 4.69) is 81.3 Å². The Hall–Kier alpha value is -2.70. The Bertz CT molecular complexity index is 1200. The van der Waals surface area contributed by atoms with E-state index in [1.54, 1.807) is 0 Å². The van der Waals surface area contributed by atoms with Gasteiger partial charge in [0.05, 0.1) is 25.7 Å². The molecule has 230 valence electrons. The van der Waals surface area contributed by atoms with Gasteiger partial charge in [-0.25, -0.2) is 0 Å². The van der Waals surface area contributed by atoms with Crippen LogP contribution in [0.1, 0.15) is 92.5 Å². The minimum atomic E-state index is -0.0627. The number of unbranched alkanes of at least 4 members (excludes halogenated alkanes) is 2. The average molecular weight is 576 g/mol. The first-order valence-corrected chi connectivity index (χ1v) is 16.5. The Labute approximate surface area is 254 Å². The Morgan fingerprint density at radius 3 is 2.14 bits per heavy atom. The van der Waals surface area contributed by atoms with Gasteiger partial charge in [-0.3, -0.25) is 14.5 Å². The highest BCUT2D eigenvalue weighted by molar-refractivity contribution is 5.96. The number of rotatable bonds is 12. The van der Waals surface area contributed by atoms with Crippen LogP contribution in [0.25, 0.3) is 0 Å². The van der Waals surface area contributed by atoms with Crippen LogP contribution in [0.15, 0.2) is 30.3 Å². The maximum Gasteiger partial charge on any atom is 0.282 e. The molecule has 6 nitrogen and oxygen atoms in total. The molecule has 2 aromatic carbocycles. The highest BCUT2D eigenvalue weighted by Crippen LogP contribution is 2.32. The Morgan fingerprint density at radius 1 is 0.810 bits per heavy atom. The minimum Gasteiger partial charge on any atom is -0.324 e. The number of anilines is 2. The van der Waals surface area contributed by atoms with Crippen LogP contribution in [0, 0.1) is 34.6 Å². The van der Waals surface area contributed by atoms with Crippen molar-refractivity contribution in [3.8, 4) is 0 Å². The first kappa shape index (κ1) is 32.2. The summed E-state index contributed by atoms with van der Waals surface area (Å²) in [5.41, 5.74) is 7.70. The average Bonchev–Trinajstić information content (AvgIpc) is 3.38. The van der Waals surface area contributed by atoms with E-state index < -0.39 is 0 Å². The standard InChI is InChI=1S/C36H54N4O2/c1-7-8-21-40(23-14-18-32(40)36(42)38-34-29(5)24-26(2)25-30(34)6)22-12-11-20-39-19-10-9-17-31(39)35(41)37-33-27(3)15-13-16-28(33)4/h13,15-16,24-25,31-32H,7-12,14,17-23H2,1-6H3,(H-,37,38,41,42)/p+1. The summed E-state index contributed by atoms with van der Waals surface area (Å²) in [6.45, 7) is 17.8. The van der Waals surface area contributed by atoms with E-state index in [0.717, 1.165) is 129 Å². The third kappa shape index (κ3) is 7.62. The van der Waals surface area contributed by atoms with E-state index in [-0.39, 0.29) is 23.9 Å². The molecule has 2 amide bonds. The summed E-state index contributed by atoms with van der Waals surface area (Å²) in [5, 5.41) is 6.62. The third-order valence-corrected chi connectivity index (χ3v) is 9.87. The lowest BCUT2D eigenvalue weighted by Gasteiger charge is -2.40. The molecule has 6 heteroatoms. The number of carbonyl (C=O) groups is 2. The summed E-state index contributed by atoms with van der Waals surface area (Å²) in [6, 6.07) is 10.4. The molecule has 3 unspecified atom stereocenters. The lowest BCUT2D eigenvalue weighted by Crippen LogP contribution is -2.57. The van der Waals surface area contributed by atoms with Crippen LogP contribution in [0.3, 0.4) is 0 Å². The molecule has 2 fully saturated rings. The van der Waals surface area contributed by atoms with Crippen LogP contribution in [0.2, 0.25) is 0 Å². The summed E-state index contributed by atoms with van der Waals surface area (Å²) in [7, 11) is 0. The van der Waals surface area contributed by atoms with Crippen LogP contribution in [0.5, 0.6) is 0 Å². The quantitative estimate of drug-likeness (QED) is 0.208. The van der Waals surface area contributed by atoms with E-state index in [4.69, 9.17) is 0 Å². The van der Waals surface area contributed by atoms with Crippen molar-refractivity contribution in [3.63, 3.8) is 0 Å². The van der Waals surface area contributed by atoms with Gasteiger partial charge in [0.15, 0.2) is 6.04 Å². The van der Waals surface area contributed by atoms with Crippen LogP contribution < -0.4 is 10.6 Å². The van der Waals surface area contributed by atoms with Crippen LogP contribution in [-0.2, 0) is 9.59 Å². The topological polar surface area (TPSA) is 61.4 Å². The number of amides is 2. The second-order valence-electron chi connectivity index (χ2n) is 13.2. The van der Waals surface area contributed by atoms with Crippen molar-refractivity contribution in [3.05, 3.63) is 58.1 Å². The molecule has 2 saturated heterocycles. The Balaban J connectivity index is 1.38. The molecular weight excluding hydrogens is 520 g/mol. The molecule has 0 spiro atoms.